The first-order valence-electron chi connectivity index (χ1n) is 6.78. The number of nitrogens with one attached hydrogen (secondary N) is 1. The van der Waals surface area contributed by atoms with Crippen molar-refractivity contribution >= 4 is 11.9 Å². The van der Waals surface area contributed by atoms with Crippen molar-refractivity contribution in [2.75, 3.05) is 0 Å². The Morgan fingerprint density at radius 2 is 2.10 bits per heavy atom. The van der Waals surface area contributed by atoms with Crippen molar-refractivity contribution in [1.29, 1.82) is 0 Å². The van der Waals surface area contributed by atoms with Crippen LogP contribution in [0.2, 0.25) is 0 Å². The van der Waals surface area contributed by atoms with Crippen LogP contribution in [0.3, 0.4) is 0 Å². The SMILES string of the molecule is CC1=CC(NC(=O)C2=C(C)CCC=C2)CC=C1C(=O)O. The Labute approximate surface area is 118 Å². The molecule has 2 aliphatic rings. The summed E-state index contributed by atoms with van der Waals surface area (Å²) in [7, 11) is 0. The lowest BCUT2D eigenvalue weighted by molar-refractivity contribution is -0.132. The Kier molecular flexibility index (Phi) is 4.23. The van der Waals surface area contributed by atoms with E-state index >= 15 is 0 Å². The first kappa shape index (κ1) is 14.3. The number of carboxylic acid groups (broad SMARTS) is 1. The van der Waals surface area contributed by atoms with Crippen molar-refractivity contribution < 1.29 is 14.7 Å². The number of allylic oxidation sites excluding steroid dienone is 2. The third-order valence-electron chi connectivity index (χ3n) is 3.67. The van der Waals surface area contributed by atoms with E-state index in [0.29, 0.717) is 17.6 Å². The average Bonchev–Trinajstić information content (AvgIpc) is 2.38. The average molecular weight is 273 g/mol. The lowest BCUT2D eigenvalue weighted by Gasteiger charge is -2.21. The number of rotatable bonds is 3. The van der Waals surface area contributed by atoms with E-state index in [1.165, 1.54) is 0 Å². The van der Waals surface area contributed by atoms with Crippen LogP contribution in [0.5, 0.6) is 0 Å². The van der Waals surface area contributed by atoms with Crippen molar-refractivity contribution in [3.05, 3.63) is 46.6 Å². The highest BCUT2D eigenvalue weighted by Gasteiger charge is 2.20. The molecule has 0 aromatic carbocycles. The molecule has 1 amide bonds. The topological polar surface area (TPSA) is 66.4 Å². The van der Waals surface area contributed by atoms with Gasteiger partial charge in [-0.25, -0.2) is 4.79 Å². The number of carboxylic acids is 1. The summed E-state index contributed by atoms with van der Waals surface area (Å²) < 4.78 is 0. The number of hydrogen-bond donors (Lipinski definition) is 2. The molecule has 20 heavy (non-hydrogen) atoms. The minimum atomic E-state index is -0.919. The van der Waals surface area contributed by atoms with Gasteiger partial charge in [-0.1, -0.05) is 29.9 Å². The third kappa shape index (κ3) is 3.07. The molecule has 4 nitrogen and oxygen atoms in total. The molecule has 0 fully saturated rings. The van der Waals surface area contributed by atoms with Gasteiger partial charge >= 0.3 is 5.97 Å². The summed E-state index contributed by atoms with van der Waals surface area (Å²) >= 11 is 0. The molecule has 0 spiro atoms. The Morgan fingerprint density at radius 1 is 1.35 bits per heavy atom. The van der Waals surface area contributed by atoms with E-state index in [1.54, 1.807) is 13.0 Å². The summed E-state index contributed by atoms with van der Waals surface area (Å²) in [6, 6.07) is -0.138. The van der Waals surface area contributed by atoms with Crippen molar-refractivity contribution in [1.82, 2.24) is 5.32 Å². The second-order valence-electron chi connectivity index (χ2n) is 5.22. The van der Waals surface area contributed by atoms with E-state index in [1.807, 2.05) is 25.2 Å². The lowest BCUT2D eigenvalue weighted by Crippen LogP contribution is -2.36. The number of hydrogen-bond acceptors (Lipinski definition) is 2. The predicted octanol–water partition coefficient (Wildman–Crippen LogP) is 2.50. The highest BCUT2D eigenvalue weighted by molar-refractivity contribution is 5.97. The molecular formula is C16H19NO3. The molecule has 0 radical (unpaired) electrons. The Balaban J connectivity index is 2.05. The van der Waals surface area contributed by atoms with Gasteiger partial charge in [-0.05, 0) is 38.7 Å². The number of carbonyl (C=O) groups excluding carboxylic acids is 1. The van der Waals surface area contributed by atoms with Gasteiger partial charge in [0, 0.05) is 5.57 Å². The fourth-order valence-corrected chi connectivity index (χ4v) is 2.52. The summed E-state index contributed by atoms with van der Waals surface area (Å²) in [4.78, 5) is 23.2. The molecule has 0 saturated heterocycles. The summed E-state index contributed by atoms with van der Waals surface area (Å²) in [6.45, 7) is 3.73. The van der Waals surface area contributed by atoms with Crippen molar-refractivity contribution in [2.45, 2.75) is 39.2 Å². The maximum atomic E-state index is 12.2. The van der Waals surface area contributed by atoms with Gasteiger partial charge in [0.1, 0.15) is 0 Å². The van der Waals surface area contributed by atoms with E-state index in [4.69, 9.17) is 5.11 Å². The molecule has 2 N–H and O–H groups in total. The largest absolute Gasteiger partial charge is 0.478 e. The quantitative estimate of drug-likeness (QED) is 0.830. The third-order valence-corrected chi connectivity index (χ3v) is 3.67. The van der Waals surface area contributed by atoms with Crippen molar-refractivity contribution in [2.24, 2.45) is 0 Å². The normalized spacial score (nSPS) is 22.2. The van der Waals surface area contributed by atoms with Crippen LogP contribution in [0.15, 0.2) is 46.6 Å². The predicted molar refractivity (Wildman–Crippen MR) is 77.1 cm³/mol. The van der Waals surface area contributed by atoms with Crippen LogP contribution < -0.4 is 5.32 Å². The van der Waals surface area contributed by atoms with Crippen LogP contribution in [0.25, 0.3) is 0 Å². The molecular weight excluding hydrogens is 254 g/mol. The van der Waals surface area contributed by atoms with E-state index < -0.39 is 5.97 Å². The minimum Gasteiger partial charge on any atom is -0.478 e. The van der Waals surface area contributed by atoms with Gasteiger partial charge in [-0.15, -0.1) is 0 Å². The van der Waals surface area contributed by atoms with Crippen LogP contribution in [0.1, 0.15) is 33.1 Å². The number of amides is 1. The summed E-state index contributed by atoms with van der Waals surface area (Å²) in [5, 5.41) is 11.9. The number of aliphatic carboxylic acids is 1. The second kappa shape index (κ2) is 5.90. The first-order chi connectivity index (χ1) is 9.49. The highest BCUT2D eigenvalue weighted by Crippen LogP contribution is 2.21. The van der Waals surface area contributed by atoms with Gasteiger partial charge in [-0.2, -0.15) is 0 Å². The smallest absolute Gasteiger partial charge is 0.335 e. The molecule has 2 rings (SSSR count). The van der Waals surface area contributed by atoms with E-state index in [-0.39, 0.29) is 11.9 Å². The zero-order valence-corrected chi connectivity index (χ0v) is 11.8. The maximum Gasteiger partial charge on any atom is 0.335 e. The Morgan fingerprint density at radius 3 is 2.70 bits per heavy atom. The van der Waals surface area contributed by atoms with Gasteiger partial charge in [-0.3, -0.25) is 4.79 Å². The fraction of sp³-hybridized carbons (Fsp3) is 0.375. The molecule has 0 aromatic heterocycles. The molecule has 1 unspecified atom stereocenters. The van der Waals surface area contributed by atoms with Crippen LogP contribution >= 0.6 is 0 Å². The lowest BCUT2D eigenvalue weighted by atomic mass is 9.94. The second-order valence-corrected chi connectivity index (χ2v) is 5.22. The Bertz CT molecular complexity index is 564. The summed E-state index contributed by atoms with van der Waals surface area (Å²) in [6.07, 6.45) is 9.76. The molecule has 4 heteroatoms. The van der Waals surface area contributed by atoms with Gasteiger partial charge in [0.25, 0.3) is 5.91 Å². The van der Waals surface area contributed by atoms with E-state index in [0.717, 1.165) is 24.0 Å². The van der Waals surface area contributed by atoms with Crippen molar-refractivity contribution in [3.8, 4) is 0 Å². The van der Waals surface area contributed by atoms with Gasteiger partial charge < -0.3 is 10.4 Å². The van der Waals surface area contributed by atoms with Gasteiger partial charge in [0.2, 0.25) is 0 Å². The molecule has 0 saturated carbocycles. The molecule has 2 aliphatic carbocycles. The zero-order valence-electron chi connectivity index (χ0n) is 11.8. The number of carbonyl (C=O) groups is 2. The van der Waals surface area contributed by atoms with Crippen LogP contribution in [0.4, 0.5) is 0 Å². The molecule has 0 heterocycles. The van der Waals surface area contributed by atoms with Gasteiger partial charge in [0.15, 0.2) is 0 Å². The van der Waals surface area contributed by atoms with Crippen LogP contribution in [-0.4, -0.2) is 23.0 Å². The minimum absolute atomic E-state index is 0.0836. The standard InChI is InChI=1S/C16H19NO3/c1-10-5-3-4-6-13(10)15(18)17-12-7-8-14(16(19)20)11(2)9-12/h4,6,8-9,12H,3,5,7H2,1-2H3,(H,17,18)(H,19,20). The van der Waals surface area contributed by atoms with E-state index in [9.17, 15) is 9.59 Å². The summed E-state index contributed by atoms with van der Waals surface area (Å²) in [5.41, 5.74) is 2.85. The molecule has 0 aliphatic heterocycles. The molecule has 0 aromatic rings. The Hall–Kier alpha value is -2.10. The molecule has 0 bridgehead atoms. The maximum absolute atomic E-state index is 12.2. The monoisotopic (exact) mass is 273 g/mol. The van der Waals surface area contributed by atoms with E-state index in [2.05, 4.69) is 5.32 Å². The van der Waals surface area contributed by atoms with Crippen molar-refractivity contribution in [3.63, 3.8) is 0 Å². The zero-order chi connectivity index (χ0) is 14.7. The van der Waals surface area contributed by atoms with Gasteiger partial charge in [0.05, 0.1) is 11.6 Å². The highest BCUT2D eigenvalue weighted by atomic mass is 16.4. The fourth-order valence-electron chi connectivity index (χ4n) is 2.52. The van der Waals surface area contributed by atoms with Crippen LogP contribution in [-0.2, 0) is 9.59 Å². The summed E-state index contributed by atoms with van der Waals surface area (Å²) in [5.74, 6) is -1.00. The molecule has 106 valence electrons. The van der Waals surface area contributed by atoms with Crippen LogP contribution in [0, 0.1) is 0 Å². The first-order valence-corrected chi connectivity index (χ1v) is 6.78. The molecule has 1 atom stereocenters.